The maximum Gasteiger partial charge on any atom is 0.160 e. The Balaban J connectivity index is 0.000000149. The Morgan fingerprint density at radius 3 is 1.03 bits per heavy atom. The van der Waals surface area contributed by atoms with Gasteiger partial charge < -0.3 is 0 Å². The molecule has 0 aliphatic heterocycles. The van der Waals surface area contributed by atoms with E-state index >= 15 is 0 Å². The fourth-order valence-electron chi connectivity index (χ4n) is 15.6. The van der Waals surface area contributed by atoms with Crippen LogP contribution in [0.3, 0.4) is 0 Å². The third-order valence-corrected chi connectivity index (χ3v) is 20.6. The van der Waals surface area contributed by atoms with Gasteiger partial charge in [0.1, 0.15) is 0 Å². The Morgan fingerprint density at radius 2 is 0.519 bits per heavy atom. The minimum absolute atomic E-state index is 0.662. The number of rotatable bonds is 12. The van der Waals surface area contributed by atoms with Gasteiger partial charge in [0.25, 0.3) is 0 Å². The van der Waals surface area contributed by atoms with Crippen LogP contribution >= 0.6 is 0 Å². The van der Waals surface area contributed by atoms with Crippen molar-refractivity contribution in [3.05, 3.63) is 395 Å². The number of nitrogens with zero attached hydrogens (tertiary/aromatic N) is 7. The molecule has 108 heavy (non-hydrogen) atoms. The van der Waals surface area contributed by atoms with Crippen LogP contribution in [0.15, 0.2) is 395 Å². The van der Waals surface area contributed by atoms with Crippen molar-refractivity contribution in [1.29, 1.82) is 0 Å². The van der Waals surface area contributed by atoms with Crippen molar-refractivity contribution in [2.24, 2.45) is 0 Å². The van der Waals surface area contributed by atoms with E-state index in [1.807, 2.05) is 61.2 Å². The lowest BCUT2D eigenvalue weighted by Crippen LogP contribution is -1.97. The SMILES string of the molecule is c1ccc(-c2cc(-c3ccc(-c4cccnc4)cc3)nc(-c3cccc(-c4c5ccccc5c(-c5ccccc5)c5ccccc45)c3)n2)cc1.c1ccc(-c2cccc(-c3cc(-c4cc5ccccc5c5ccccc45)nc(-c4cccc(-c5c6ccccc6c(-c6cccnc6)c6ccccc56)c4)n3)c2)nc1. The summed E-state index contributed by atoms with van der Waals surface area (Å²) >= 11 is 0. The molecule has 0 fully saturated rings. The van der Waals surface area contributed by atoms with Crippen LogP contribution in [0.25, 0.3) is 199 Å². The van der Waals surface area contributed by atoms with E-state index in [4.69, 9.17) is 19.9 Å². The molecule has 5 heterocycles. The van der Waals surface area contributed by atoms with Crippen molar-refractivity contribution >= 4 is 64.6 Å². The Bertz CT molecular complexity index is 6660. The molecule has 7 heteroatoms. The lowest BCUT2D eigenvalue weighted by molar-refractivity contribution is 1.18. The summed E-state index contributed by atoms with van der Waals surface area (Å²) in [5.74, 6) is 1.35. The lowest BCUT2D eigenvalue weighted by atomic mass is 9.85. The first-order valence-corrected chi connectivity index (χ1v) is 36.4. The molecule has 0 aliphatic carbocycles. The Kier molecular flexibility index (Phi) is 16.8. The molecule has 504 valence electrons. The molecule has 20 aromatic rings. The van der Waals surface area contributed by atoms with Crippen LogP contribution in [0.2, 0.25) is 0 Å². The van der Waals surface area contributed by atoms with Gasteiger partial charge >= 0.3 is 0 Å². The fraction of sp³-hybridized carbons (Fsp3) is 0. The molecule has 0 atom stereocenters. The number of hydrogen-bond donors (Lipinski definition) is 0. The predicted octanol–water partition coefficient (Wildman–Crippen LogP) is 26.1. The Hall–Kier alpha value is -14.5. The summed E-state index contributed by atoms with van der Waals surface area (Å²) in [7, 11) is 0. The van der Waals surface area contributed by atoms with Crippen molar-refractivity contribution < 1.29 is 0 Å². The minimum atomic E-state index is 0.662. The zero-order chi connectivity index (χ0) is 71.7. The Morgan fingerprint density at radius 1 is 0.167 bits per heavy atom. The molecule has 0 spiro atoms. The molecule has 5 aromatic heterocycles. The summed E-state index contributed by atoms with van der Waals surface area (Å²) in [5.41, 5.74) is 23.1. The van der Waals surface area contributed by atoms with Gasteiger partial charge in [0.2, 0.25) is 0 Å². The van der Waals surface area contributed by atoms with E-state index in [0.29, 0.717) is 11.6 Å². The molecule has 0 saturated heterocycles. The molecule has 0 unspecified atom stereocenters. The highest BCUT2D eigenvalue weighted by atomic mass is 14.9. The topological polar surface area (TPSA) is 90.2 Å². The average Bonchev–Trinajstić information content (AvgIpc) is 0.742. The van der Waals surface area contributed by atoms with Crippen molar-refractivity contribution in [2.45, 2.75) is 0 Å². The zero-order valence-corrected chi connectivity index (χ0v) is 58.7. The molecule has 15 aromatic carbocycles. The van der Waals surface area contributed by atoms with E-state index in [0.717, 1.165) is 101 Å². The molecular weight excluding hydrogens is 1310 g/mol. The van der Waals surface area contributed by atoms with Crippen LogP contribution < -0.4 is 0 Å². The molecule has 0 N–H and O–H groups in total. The van der Waals surface area contributed by atoms with E-state index in [9.17, 15) is 0 Å². The van der Waals surface area contributed by atoms with Gasteiger partial charge in [-0.3, -0.25) is 15.0 Å². The first kappa shape index (κ1) is 64.3. The zero-order valence-electron chi connectivity index (χ0n) is 58.7. The van der Waals surface area contributed by atoms with E-state index in [1.165, 1.54) is 87.1 Å². The predicted molar refractivity (Wildman–Crippen MR) is 448 cm³/mol. The van der Waals surface area contributed by atoms with Crippen molar-refractivity contribution in [3.8, 4) is 135 Å². The van der Waals surface area contributed by atoms with E-state index in [-0.39, 0.29) is 0 Å². The summed E-state index contributed by atoms with van der Waals surface area (Å²) in [4.78, 5) is 34.6. The van der Waals surface area contributed by atoms with Crippen LogP contribution in [0.1, 0.15) is 0 Å². The summed E-state index contributed by atoms with van der Waals surface area (Å²) < 4.78 is 0. The van der Waals surface area contributed by atoms with Crippen molar-refractivity contribution in [2.75, 3.05) is 0 Å². The van der Waals surface area contributed by atoms with E-state index in [1.54, 1.807) is 6.20 Å². The number of pyridine rings is 3. The summed E-state index contributed by atoms with van der Waals surface area (Å²) in [5, 5.41) is 14.4. The van der Waals surface area contributed by atoms with Gasteiger partial charge in [0, 0.05) is 75.5 Å². The lowest BCUT2D eigenvalue weighted by Gasteiger charge is -2.18. The molecule has 20 rings (SSSR count). The van der Waals surface area contributed by atoms with Crippen LogP contribution in [-0.2, 0) is 0 Å². The average molecular weight is 1380 g/mol. The standard InChI is InChI=1S/C54H34N4.C47H31N3/c1-2-20-41-35(14-1)32-48(43-22-4-3-21-42(41)43)51-33-50(37-16-11-15-36(30-37)49-27-9-10-29-56-49)57-54(58-51)39-18-12-17-38(31-39)52-44-23-5-7-25-46(44)53(40-19-13-28-55-34-40)47-26-8-6-24-45(47)52;1-3-13-33(14-4-1)43-30-44(34-26-24-32(25-27-34)38-19-12-28-48-31-38)50-47(49-43)37-18-11-17-36(29-37)46-41-22-9-7-20-39(41)45(35-15-5-2-6-16-35)40-21-8-10-23-42(40)46/h1-34H;1-31H. The molecule has 0 radical (unpaired) electrons. The molecule has 0 saturated carbocycles. The van der Waals surface area contributed by atoms with Gasteiger partial charge in [-0.05, 0) is 175 Å². The van der Waals surface area contributed by atoms with E-state index in [2.05, 4.69) is 343 Å². The number of benzene rings is 15. The minimum Gasteiger partial charge on any atom is -0.264 e. The molecule has 0 bridgehead atoms. The third-order valence-electron chi connectivity index (χ3n) is 20.6. The second-order valence-electron chi connectivity index (χ2n) is 27.0. The van der Waals surface area contributed by atoms with Crippen LogP contribution in [0, 0.1) is 0 Å². The van der Waals surface area contributed by atoms with Gasteiger partial charge in [-0.25, -0.2) is 19.9 Å². The van der Waals surface area contributed by atoms with Gasteiger partial charge in [0.15, 0.2) is 11.6 Å². The first-order valence-electron chi connectivity index (χ1n) is 36.4. The van der Waals surface area contributed by atoms with Gasteiger partial charge in [-0.2, -0.15) is 0 Å². The summed E-state index contributed by atoms with van der Waals surface area (Å²) in [6, 6.07) is 128. The van der Waals surface area contributed by atoms with Crippen LogP contribution in [0.4, 0.5) is 0 Å². The highest BCUT2D eigenvalue weighted by Crippen LogP contribution is 2.47. The third kappa shape index (κ3) is 12.2. The largest absolute Gasteiger partial charge is 0.264 e. The van der Waals surface area contributed by atoms with Gasteiger partial charge in [0.05, 0.1) is 28.5 Å². The smallest absolute Gasteiger partial charge is 0.160 e. The van der Waals surface area contributed by atoms with Gasteiger partial charge in [-0.1, -0.05) is 303 Å². The monoisotopic (exact) mass is 1380 g/mol. The molecule has 7 nitrogen and oxygen atoms in total. The normalized spacial score (nSPS) is 11.3. The number of hydrogen-bond acceptors (Lipinski definition) is 7. The van der Waals surface area contributed by atoms with Gasteiger partial charge in [-0.15, -0.1) is 0 Å². The highest BCUT2D eigenvalue weighted by molar-refractivity contribution is 6.23. The van der Waals surface area contributed by atoms with Crippen LogP contribution in [-0.4, -0.2) is 34.9 Å². The maximum absolute atomic E-state index is 5.42. The number of aromatic nitrogens is 7. The number of fused-ring (bicyclic) bond motifs is 7. The molecule has 0 aliphatic rings. The first-order chi connectivity index (χ1) is 53.6. The highest BCUT2D eigenvalue weighted by Gasteiger charge is 2.22. The summed E-state index contributed by atoms with van der Waals surface area (Å²) in [6.45, 7) is 0. The maximum atomic E-state index is 5.42. The second kappa shape index (κ2) is 28.3. The fourth-order valence-corrected chi connectivity index (χ4v) is 15.6. The van der Waals surface area contributed by atoms with Crippen LogP contribution in [0.5, 0.6) is 0 Å². The summed E-state index contributed by atoms with van der Waals surface area (Å²) in [6.07, 6.45) is 9.31. The molecule has 0 amide bonds. The van der Waals surface area contributed by atoms with Crippen molar-refractivity contribution in [3.63, 3.8) is 0 Å². The Labute approximate surface area is 625 Å². The van der Waals surface area contributed by atoms with E-state index < -0.39 is 0 Å². The molecular formula is C101H65N7. The van der Waals surface area contributed by atoms with Crippen molar-refractivity contribution in [1.82, 2.24) is 34.9 Å². The second-order valence-corrected chi connectivity index (χ2v) is 27.0. The quantitative estimate of drug-likeness (QED) is 0.0889.